The molecule has 1 amide bonds. The van der Waals surface area contributed by atoms with Crippen LogP contribution < -0.4 is 5.43 Å². The molecule has 0 fully saturated rings. The first-order valence-electron chi connectivity index (χ1n) is 11.7. The van der Waals surface area contributed by atoms with Crippen LogP contribution >= 0.6 is 0 Å². The second-order valence-corrected chi connectivity index (χ2v) is 8.87. The summed E-state index contributed by atoms with van der Waals surface area (Å²) in [4.78, 5) is 26.6. The molecule has 0 radical (unpaired) electrons. The third kappa shape index (κ3) is 3.39. The van der Waals surface area contributed by atoms with Gasteiger partial charge in [0, 0.05) is 43.2 Å². The van der Waals surface area contributed by atoms with E-state index in [-0.39, 0.29) is 17.7 Å². The maximum Gasteiger partial charge on any atom is 0.275 e. The van der Waals surface area contributed by atoms with E-state index in [9.17, 15) is 14.7 Å². The van der Waals surface area contributed by atoms with E-state index in [2.05, 4.69) is 60.0 Å². The summed E-state index contributed by atoms with van der Waals surface area (Å²) in [6.07, 6.45) is 4.25. The van der Waals surface area contributed by atoms with E-state index in [0.29, 0.717) is 6.54 Å². The second kappa shape index (κ2) is 8.48. The van der Waals surface area contributed by atoms with Gasteiger partial charge in [-0.3, -0.25) is 14.3 Å². The number of aromatic nitrogens is 3. The van der Waals surface area contributed by atoms with E-state index >= 15 is 0 Å². The van der Waals surface area contributed by atoms with Gasteiger partial charge in [-0.25, -0.2) is 0 Å². The fourth-order valence-corrected chi connectivity index (χ4v) is 5.14. The summed E-state index contributed by atoms with van der Waals surface area (Å²) in [6.45, 7) is 5.51. The van der Waals surface area contributed by atoms with Crippen LogP contribution in [0.1, 0.15) is 53.0 Å². The molecule has 174 valence electrons. The fourth-order valence-electron chi connectivity index (χ4n) is 5.14. The molecule has 0 aliphatic carbocycles. The van der Waals surface area contributed by atoms with Crippen LogP contribution in [0.15, 0.2) is 65.7 Å². The number of carbonyl (C=O) groups excluding carboxylic acids is 1. The van der Waals surface area contributed by atoms with Crippen LogP contribution in [0.2, 0.25) is 0 Å². The predicted octanol–water partition coefficient (Wildman–Crippen LogP) is 3.94. The molecule has 7 heteroatoms. The molecule has 0 bridgehead atoms. The number of fused-ring (bicyclic) bond motifs is 2. The largest absolute Gasteiger partial charge is 0.502 e. The SMILES string of the molecule is CCc1ccc2c(C(c3ccccc3)C3CN(C)C(=O)c4c(O)c(=O)cnn43)cn(CC)c2c1. The number of hydrogen-bond acceptors (Lipinski definition) is 4. The molecule has 1 N–H and O–H groups in total. The molecule has 2 aromatic heterocycles. The van der Waals surface area contributed by atoms with Crippen molar-refractivity contribution >= 4 is 16.8 Å². The molecule has 1 aliphatic rings. The highest BCUT2D eigenvalue weighted by Gasteiger charge is 2.39. The van der Waals surface area contributed by atoms with E-state index in [4.69, 9.17) is 0 Å². The number of amides is 1. The lowest BCUT2D eigenvalue weighted by molar-refractivity contribution is 0.0686. The molecule has 1 aliphatic heterocycles. The summed E-state index contributed by atoms with van der Waals surface area (Å²) < 4.78 is 3.81. The van der Waals surface area contributed by atoms with E-state index in [0.717, 1.165) is 35.7 Å². The van der Waals surface area contributed by atoms with Gasteiger partial charge in [-0.05, 0) is 36.1 Å². The quantitative estimate of drug-likeness (QED) is 0.493. The minimum absolute atomic E-state index is 0.0559. The van der Waals surface area contributed by atoms with Crippen molar-refractivity contribution < 1.29 is 9.90 Å². The summed E-state index contributed by atoms with van der Waals surface area (Å²) in [7, 11) is 1.70. The molecule has 0 saturated heterocycles. The summed E-state index contributed by atoms with van der Waals surface area (Å²) in [5.74, 6) is -1.12. The van der Waals surface area contributed by atoms with E-state index in [1.165, 1.54) is 11.1 Å². The Morgan fingerprint density at radius 1 is 1.12 bits per heavy atom. The second-order valence-electron chi connectivity index (χ2n) is 8.87. The monoisotopic (exact) mass is 456 g/mol. The maximum absolute atomic E-state index is 12.9. The first-order chi connectivity index (χ1) is 16.4. The molecule has 2 aromatic carbocycles. The van der Waals surface area contributed by atoms with Crippen molar-refractivity contribution in [3.05, 3.63) is 93.5 Å². The van der Waals surface area contributed by atoms with Crippen LogP contribution in [0, 0.1) is 0 Å². The van der Waals surface area contributed by atoms with Crippen molar-refractivity contribution in [2.45, 2.75) is 38.8 Å². The van der Waals surface area contributed by atoms with Crippen LogP contribution in [0.3, 0.4) is 0 Å². The molecule has 5 rings (SSSR count). The smallest absolute Gasteiger partial charge is 0.275 e. The highest BCUT2D eigenvalue weighted by molar-refractivity contribution is 5.95. The Kier molecular flexibility index (Phi) is 5.48. The van der Waals surface area contributed by atoms with Crippen molar-refractivity contribution in [1.82, 2.24) is 19.2 Å². The van der Waals surface area contributed by atoms with E-state index < -0.39 is 17.1 Å². The molecule has 2 atom stereocenters. The van der Waals surface area contributed by atoms with Crippen molar-refractivity contribution in [2.75, 3.05) is 13.6 Å². The van der Waals surface area contributed by atoms with Crippen LogP contribution in [-0.2, 0) is 13.0 Å². The van der Waals surface area contributed by atoms with Crippen LogP contribution in [0.5, 0.6) is 5.75 Å². The molecule has 34 heavy (non-hydrogen) atoms. The topological polar surface area (TPSA) is 80.4 Å². The summed E-state index contributed by atoms with van der Waals surface area (Å²) >= 11 is 0. The Balaban J connectivity index is 1.79. The van der Waals surface area contributed by atoms with Gasteiger partial charge in [0.05, 0.1) is 12.2 Å². The number of hydrogen-bond donors (Lipinski definition) is 1. The van der Waals surface area contributed by atoms with Crippen molar-refractivity contribution in [2.24, 2.45) is 0 Å². The molecular formula is C27H28N4O3. The standard InChI is InChI=1S/C27H28N4O3/c1-4-17-11-12-19-20(15-30(5-2)21(19)13-17)24(18-9-7-6-8-10-18)22-16-29(3)27(34)25-26(33)23(32)14-28-31(22)25/h6-15,22,24,33H,4-5,16H2,1-3H3. The Morgan fingerprint density at radius 3 is 2.59 bits per heavy atom. The Morgan fingerprint density at radius 2 is 1.88 bits per heavy atom. The highest BCUT2D eigenvalue weighted by atomic mass is 16.3. The molecule has 3 heterocycles. The van der Waals surface area contributed by atoms with E-state index in [1.54, 1.807) is 16.6 Å². The molecular weight excluding hydrogens is 428 g/mol. The third-order valence-electron chi connectivity index (χ3n) is 6.92. The number of aryl methyl sites for hydroxylation is 2. The van der Waals surface area contributed by atoms with Gasteiger partial charge in [-0.15, -0.1) is 0 Å². The molecule has 2 unspecified atom stereocenters. The van der Waals surface area contributed by atoms with Crippen molar-refractivity contribution in [3.63, 3.8) is 0 Å². The van der Waals surface area contributed by atoms with Crippen LogP contribution in [0.4, 0.5) is 0 Å². The Hall–Kier alpha value is -3.87. The third-order valence-corrected chi connectivity index (χ3v) is 6.92. The van der Waals surface area contributed by atoms with Gasteiger partial charge in [0.25, 0.3) is 5.91 Å². The lowest BCUT2D eigenvalue weighted by Gasteiger charge is -2.37. The number of benzene rings is 2. The normalized spacial score (nSPS) is 16.6. The summed E-state index contributed by atoms with van der Waals surface area (Å²) in [5, 5.41) is 16.0. The number of rotatable bonds is 5. The van der Waals surface area contributed by atoms with Gasteiger partial charge in [0.1, 0.15) is 0 Å². The first-order valence-corrected chi connectivity index (χ1v) is 11.7. The zero-order valence-electron chi connectivity index (χ0n) is 19.6. The van der Waals surface area contributed by atoms with Crippen molar-refractivity contribution in [1.29, 1.82) is 0 Å². The molecule has 4 aromatic rings. The number of carbonyl (C=O) groups is 1. The predicted molar refractivity (Wildman–Crippen MR) is 131 cm³/mol. The number of aromatic hydroxyl groups is 1. The van der Waals surface area contributed by atoms with Crippen molar-refractivity contribution in [3.8, 4) is 5.75 Å². The van der Waals surface area contributed by atoms with Crippen LogP contribution in [0.25, 0.3) is 10.9 Å². The fraction of sp³-hybridized carbons (Fsp3) is 0.296. The van der Waals surface area contributed by atoms with Gasteiger partial charge < -0.3 is 14.6 Å². The highest BCUT2D eigenvalue weighted by Crippen LogP contribution is 2.42. The summed E-state index contributed by atoms with van der Waals surface area (Å²) in [6, 6.07) is 16.4. The van der Waals surface area contributed by atoms with Gasteiger partial charge in [0.2, 0.25) is 5.43 Å². The lowest BCUT2D eigenvalue weighted by atomic mass is 9.83. The van der Waals surface area contributed by atoms with Gasteiger partial charge in [0.15, 0.2) is 11.4 Å². The summed E-state index contributed by atoms with van der Waals surface area (Å²) in [5.41, 5.74) is 3.95. The molecule has 0 spiro atoms. The first kappa shape index (κ1) is 21.9. The zero-order valence-corrected chi connectivity index (χ0v) is 19.6. The van der Waals surface area contributed by atoms with Gasteiger partial charge in [-0.2, -0.15) is 5.10 Å². The van der Waals surface area contributed by atoms with E-state index in [1.807, 2.05) is 18.2 Å². The minimum Gasteiger partial charge on any atom is -0.502 e. The molecule has 0 saturated carbocycles. The zero-order chi connectivity index (χ0) is 24.0. The number of nitrogens with zero attached hydrogens (tertiary/aromatic N) is 4. The average molecular weight is 457 g/mol. The van der Waals surface area contributed by atoms with Gasteiger partial charge in [-0.1, -0.05) is 49.4 Å². The Bertz CT molecular complexity index is 1440. The van der Waals surface area contributed by atoms with Gasteiger partial charge >= 0.3 is 0 Å². The number of likely N-dealkylation sites (N-methyl/N-ethyl adjacent to an activating group) is 1. The van der Waals surface area contributed by atoms with Crippen LogP contribution in [-0.4, -0.2) is 43.9 Å². The maximum atomic E-state index is 12.9. The lowest BCUT2D eigenvalue weighted by Crippen LogP contribution is -2.45. The average Bonchev–Trinajstić information content (AvgIpc) is 3.22. The minimum atomic E-state index is -0.653. The molecule has 7 nitrogen and oxygen atoms in total. The Labute approximate surface area is 197 Å².